The van der Waals surface area contributed by atoms with Gasteiger partial charge >= 0.3 is 0 Å². The van der Waals surface area contributed by atoms with Crippen molar-refractivity contribution in [3.05, 3.63) is 40.9 Å². The summed E-state index contributed by atoms with van der Waals surface area (Å²) >= 11 is 3.38. The normalized spacial score (nSPS) is 12.4. The molecule has 0 aliphatic carbocycles. The quantitative estimate of drug-likeness (QED) is 0.826. The van der Waals surface area contributed by atoms with Crippen LogP contribution in [0.1, 0.15) is 24.2 Å². The van der Waals surface area contributed by atoms with E-state index in [4.69, 9.17) is 10.5 Å². The van der Waals surface area contributed by atoms with Gasteiger partial charge in [0.1, 0.15) is 10.1 Å². The summed E-state index contributed by atoms with van der Waals surface area (Å²) in [6.07, 6.45) is 0. The van der Waals surface area contributed by atoms with Gasteiger partial charge in [0.15, 0.2) is 0 Å². The third kappa shape index (κ3) is 4.23. The summed E-state index contributed by atoms with van der Waals surface area (Å²) in [6.45, 7) is 4.67. The lowest BCUT2D eigenvalue weighted by atomic mass is 10.1. The molecular formula is C14H18N2OS2. The third-order valence-electron chi connectivity index (χ3n) is 2.60. The summed E-state index contributed by atoms with van der Waals surface area (Å²) in [5.41, 5.74) is 8.39. The molecule has 102 valence electrons. The molecule has 0 spiro atoms. The fourth-order valence-electron chi connectivity index (χ4n) is 1.63. The highest BCUT2D eigenvalue weighted by Gasteiger charge is 2.08. The van der Waals surface area contributed by atoms with Crippen LogP contribution in [0.5, 0.6) is 5.75 Å². The molecule has 0 fully saturated rings. The average molecular weight is 294 g/mol. The van der Waals surface area contributed by atoms with Crippen molar-refractivity contribution >= 4 is 23.1 Å². The topological polar surface area (TPSA) is 48.1 Å². The number of nitrogens with zero attached hydrogens (tertiary/aromatic N) is 1. The Morgan fingerprint density at radius 3 is 2.68 bits per heavy atom. The van der Waals surface area contributed by atoms with Crippen molar-refractivity contribution in [2.24, 2.45) is 5.73 Å². The maximum absolute atomic E-state index is 6.19. The predicted molar refractivity (Wildman–Crippen MR) is 82.1 cm³/mol. The molecule has 19 heavy (non-hydrogen) atoms. The molecule has 1 aromatic heterocycles. The molecule has 0 aliphatic rings. The van der Waals surface area contributed by atoms with Crippen LogP contribution in [0.4, 0.5) is 0 Å². The van der Waals surface area contributed by atoms with Gasteiger partial charge < -0.3 is 10.5 Å². The molecule has 2 N–H and O–H groups in total. The molecule has 1 atom stereocenters. The number of thioether (sulfide) groups is 1. The Hall–Kier alpha value is -1.04. The molecule has 3 nitrogen and oxygen atoms in total. The number of ether oxygens (including phenoxy) is 1. The lowest BCUT2D eigenvalue weighted by Crippen LogP contribution is -2.12. The molecule has 0 saturated heterocycles. The van der Waals surface area contributed by atoms with Crippen molar-refractivity contribution in [2.45, 2.75) is 24.2 Å². The van der Waals surface area contributed by atoms with Gasteiger partial charge in [-0.2, -0.15) is 0 Å². The van der Waals surface area contributed by atoms with E-state index in [-0.39, 0.29) is 6.04 Å². The van der Waals surface area contributed by atoms with Crippen molar-refractivity contribution in [3.8, 4) is 5.75 Å². The Balaban J connectivity index is 1.90. The van der Waals surface area contributed by atoms with E-state index in [1.54, 1.807) is 23.1 Å². The summed E-state index contributed by atoms with van der Waals surface area (Å²) in [6, 6.07) is 8.02. The van der Waals surface area contributed by atoms with Crippen LogP contribution >= 0.6 is 23.1 Å². The zero-order valence-corrected chi connectivity index (χ0v) is 12.8. The zero-order valence-electron chi connectivity index (χ0n) is 11.1. The number of aromatic nitrogens is 1. The van der Waals surface area contributed by atoms with Crippen molar-refractivity contribution in [3.63, 3.8) is 0 Å². The molecule has 2 rings (SSSR count). The highest BCUT2D eigenvalue weighted by molar-refractivity contribution is 8.01. The molecular weight excluding hydrogens is 276 g/mol. The number of benzene rings is 1. The Morgan fingerprint density at radius 1 is 1.37 bits per heavy atom. The van der Waals surface area contributed by atoms with Crippen LogP contribution in [0.25, 0.3) is 0 Å². The number of aryl methyl sites for hydroxylation is 1. The van der Waals surface area contributed by atoms with Crippen molar-refractivity contribution in [1.29, 1.82) is 0 Å². The van der Waals surface area contributed by atoms with Crippen LogP contribution in [0, 0.1) is 6.92 Å². The highest BCUT2D eigenvalue weighted by atomic mass is 32.2. The van der Waals surface area contributed by atoms with Crippen LogP contribution in [0.2, 0.25) is 0 Å². The maximum atomic E-state index is 6.19. The molecule has 1 unspecified atom stereocenters. The number of hydrogen-bond acceptors (Lipinski definition) is 5. The van der Waals surface area contributed by atoms with Gasteiger partial charge in [0.05, 0.1) is 6.61 Å². The summed E-state index contributed by atoms with van der Waals surface area (Å²) in [5, 5.41) is 2.06. The molecule has 1 aromatic carbocycles. The Morgan fingerprint density at radius 2 is 2.11 bits per heavy atom. The first-order chi connectivity index (χ1) is 9.19. The summed E-state index contributed by atoms with van der Waals surface area (Å²) in [4.78, 5) is 4.42. The first-order valence-corrected chi connectivity index (χ1v) is 8.09. The number of thiazole rings is 1. The fraction of sp³-hybridized carbons (Fsp3) is 0.357. The molecule has 2 aromatic rings. The highest BCUT2D eigenvalue weighted by Crippen LogP contribution is 2.26. The average Bonchev–Trinajstić information content (AvgIpc) is 2.83. The Labute approximate surface area is 122 Å². The van der Waals surface area contributed by atoms with E-state index in [0.29, 0.717) is 6.61 Å². The summed E-state index contributed by atoms with van der Waals surface area (Å²) in [5.74, 6) is 1.72. The Bertz CT molecular complexity index is 510. The van der Waals surface area contributed by atoms with E-state index in [1.807, 2.05) is 38.1 Å². The van der Waals surface area contributed by atoms with Crippen LogP contribution in [-0.2, 0) is 0 Å². The van der Waals surface area contributed by atoms with E-state index in [9.17, 15) is 0 Å². The lowest BCUT2D eigenvalue weighted by Gasteiger charge is -2.11. The Kier molecular flexibility index (Phi) is 5.24. The molecule has 1 heterocycles. The van der Waals surface area contributed by atoms with Gasteiger partial charge in [-0.1, -0.05) is 23.9 Å². The molecule has 0 aliphatic heterocycles. The van der Waals surface area contributed by atoms with E-state index in [1.165, 1.54) is 0 Å². The minimum atomic E-state index is 0.0184. The largest absolute Gasteiger partial charge is 0.494 e. The van der Waals surface area contributed by atoms with Crippen LogP contribution in [0.3, 0.4) is 0 Å². The number of hydrogen-bond donors (Lipinski definition) is 1. The monoisotopic (exact) mass is 294 g/mol. The van der Waals surface area contributed by atoms with Gasteiger partial charge in [-0.25, -0.2) is 4.98 Å². The minimum Gasteiger partial charge on any atom is -0.494 e. The van der Waals surface area contributed by atoms with Crippen LogP contribution in [0.15, 0.2) is 34.0 Å². The second-order valence-electron chi connectivity index (χ2n) is 4.17. The third-order valence-corrected chi connectivity index (χ3v) is 4.86. The van der Waals surface area contributed by atoms with Crippen LogP contribution < -0.4 is 10.5 Å². The minimum absolute atomic E-state index is 0.0184. The summed E-state index contributed by atoms with van der Waals surface area (Å²) in [7, 11) is 0. The SMILES string of the molecule is CCOc1ccc(C(N)CSc2nc(C)cs2)cc1. The number of rotatable bonds is 6. The number of nitrogens with two attached hydrogens (primary N) is 1. The second-order valence-corrected chi connectivity index (χ2v) is 6.30. The van der Waals surface area contributed by atoms with E-state index in [0.717, 1.165) is 27.1 Å². The van der Waals surface area contributed by atoms with E-state index < -0.39 is 0 Å². The lowest BCUT2D eigenvalue weighted by molar-refractivity contribution is 0.340. The first kappa shape index (κ1) is 14.4. The van der Waals surface area contributed by atoms with Crippen molar-refractivity contribution in [2.75, 3.05) is 12.4 Å². The van der Waals surface area contributed by atoms with Gasteiger partial charge in [0, 0.05) is 22.9 Å². The van der Waals surface area contributed by atoms with Gasteiger partial charge in [-0.3, -0.25) is 0 Å². The standard InChI is InChI=1S/C14H18N2OS2/c1-3-17-12-6-4-11(5-7-12)13(15)9-19-14-16-10(2)8-18-14/h4-8,13H,3,9,15H2,1-2H3. The van der Waals surface area contributed by atoms with Gasteiger partial charge in [0.2, 0.25) is 0 Å². The van der Waals surface area contributed by atoms with E-state index in [2.05, 4.69) is 10.4 Å². The molecule has 5 heteroatoms. The molecule has 0 amide bonds. The molecule has 0 saturated carbocycles. The van der Waals surface area contributed by atoms with Gasteiger partial charge in [-0.15, -0.1) is 11.3 Å². The molecule has 0 radical (unpaired) electrons. The predicted octanol–water partition coefficient (Wildman–Crippen LogP) is 3.64. The van der Waals surface area contributed by atoms with Gasteiger partial charge in [0.25, 0.3) is 0 Å². The summed E-state index contributed by atoms with van der Waals surface area (Å²) < 4.78 is 6.50. The van der Waals surface area contributed by atoms with Crippen molar-refractivity contribution in [1.82, 2.24) is 4.98 Å². The zero-order chi connectivity index (χ0) is 13.7. The van der Waals surface area contributed by atoms with Crippen molar-refractivity contribution < 1.29 is 4.74 Å². The van der Waals surface area contributed by atoms with Gasteiger partial charge in [-0.05, 0) is 31.5 Å². The fourth-order valence-corrected chi connectivity index (χ4v) is 3.50. The second kappa shape index (κ2) is 6.93. The first-order valence-electron chi connectivity index (χ1n) is 6.22. The van der Waals surface area contributed by atoms with Crippen LogP contribution in [-0.4, -0.2) is 17.3 Å². The smallest absolute Gasteiger partial charge is 0.150 e. The van der Waals surface area contributed by atoms with E-state index >= 15 is 0 Å². The maximum Gasteiger partial charge on any atom is 0.150 e. The molecule has 0 bridgehead atoms.